The lowest BCUT2D eigenvalue weighted by Gasteiger charge is -2.41. The number of pyridine rings is 1. The van der Waals surface area contributed by atoms with Gasteiger partial charge in [-0.25, -0.2) is 31.9 Å². The number of thiazole rings is 1. The van der Waals surface area contributed by atoms with Gasteiger partial charge in [0.2, 0.25) is 10.0 Å². The van der Waals surface area contributed by atoms with Crippen LogP contribution in [0.25, 0.3) is 22.2 Å². The summed E-state index contributed by atoms with van der Waals surface area (Å²) in [5.41, 5.74) is 3.24. The van der Waals surface area contributed by atoms with Crippen LogP contribution in [-0.2, 0) is 19.6 Å². The smallest absolute Gasteiger partial charge is 0.322 e. The summed E-state index contributed by atoms with van der Waals surface area (Å²) in [6.07, 6.45) is 1.93. The van der Waals surface area contributed by atoms with Crippen LogP contribution in [0.4, 0.5) is 25.3 Å². The number of nitrogens with zero attached hydrogens (tertiary/aromatic N) is 5. The van der Waals surface area contributed by atoms with E-state index in [1.807, 2.05) is 17.0 Å². The number of nitriles is 1. The maximum atomic E-state index is 15.6. The summed E-state index contributed by atoms with van der Waals surface area (Å²) >= 11 is 1.18. The predicted molar refractivity (Wildman–Crippen MR) is 159 cm³/mol. The summed E-state index contributed by atoms with van der Waals surface area (Å²) in [5.74, 6) is -2.30. The molecule has 2 aliphatic rings. The van der Waals surface area contributed by atoms with E-state index in [9.17, 15) is 22.9 Å². The number of methoxy groups -OCH3 is 1. The van der Waals surface area contributed by atoms with Gasteiger partial charge in [0.1, 0.15) is 28.0 Å². The Morgan fingerprint density at radius 2 is 1.91 bits per heavy atom. The number of halogens is 2. The number of ether oxygens (including phenoxy) is 1. The first-order chi connectivity index (χ1) is 20.5. The summed E-state index contributed by atoms with van der Waals surface area (Å²) < 4.78 is 60.5. The Morgan fingerprint density at radius 1 is 1.19 bits per heavy atom. The maximum Gasteiger partial charge on any atom is 0.322 e. The van der Waals surface area contributed by atoms with Crippen molar-refractivity contribution < 1.29 is 26.7 Å². The Kier molecular flexibility index (Phi) is 7.49. The van der Waals surface area contributed by atoms with Crippen molar-refractivity contribution in [2.75, 3.05) is 42.8 Å². The van der Waals surface area contributed by atoms with Gasteiger partial charge in [0.15, 0.2) is 16.7 Å². The zero-order valence-corrected chi connectivity index (χ0v) is 24.8. The molecule has 1 saturated heterocycles. The number of rotatable bonds is 9. The van der Waals surface area contributed by atoms with Crippen molar-refractivity contribution in [2.24, 2.45) is 0 Å². The molecule has 2 aromatic carbocycles. The van der Waals surface area contributed by atoms with E-state index in [1.54, 1.807) is 24.1 Å². The van der Waals surface area contributed by atoms with Crippen LogP contribution in [0.15, 0.2) is 42.5 Å². The molecule has 2 fully saturated rings. The molecule has 0 unspecified atom stereocenters. The van der Waals surface area contributed by atoms with E-state index >= 15 is 4.39 Å². The first kappa shape index (κ1) is 28.9. The molecule has 10 nitrogen and oxygen atoms in total. The molecule has 4 aromatic rings. The number of carbonyl (C=O) groups is 1. The summed E-state index contributed by atoms with van der Waals surface area (Å²) in [7, 11) is -0.963. The molecule has 0 bridgehead atoms. The number of nitrogens with one attached hydrogen (secondary N) is 1. The van der Waals surface area contributed by atoms with Crippen molar-refractivity contribution in [3.8, 4) is 17.3 Å². The quantitative estimate of drug-likeness (QED) is 0.269. The Balaban J connectivity index is 1.33. The minimum absolute atomic E-state index is 0.210. The fourth-order valence-corrected chi connectivity index (χ4v) is 7.06. The van der Waals surface area contributed by atoms with E-state index < -0.39 is 39.4 Å². The fourth-order valence-electron chi connectivity index (χ4n) is 5.03. The van der Waals surface area contributed by atoms with E-state index in [0.29, 0.717) is 38.0 Å². The number of fused-ring (bicyclic) bond motifs is 1. The first-order valence-corrected chi connectivity index (χ1v) is 15.9. The number of aromatic nitrogens is 2. The lowest BCUT2D eigenvalue weighted by Crippen LogP contribution is -2.60. The summed E-state index contributed by atoms with van der Waals surface area (Å²) in [6, 6.07) is 12.6. The number of carbonyl (C=O) groups excluding carboxylic acids is 1. The Hall–Kier alpha value is -4.19. The van der Waals surface area contributed by atoms with Crippen molar-refractivity contribution >= 4 is 54.7 Å². The molecule has 2 aromatic heterocycles. The van der Waals surface area contributed by atoms with Crippen molar-refractivity contribution in [1.82, 2.24) is 14.7 Å². The third-order valence-electron chi connectivity index (χ3n) is 7.46. The Morgan fingerprint density at radius 3 is 2.56 bits per heavy atom. The summed E-state index contributed by atoms with van der Waals surface area (Å²) in [5, 5.41) is 10.8. The van der Waals surface area contributed by atoms with Gasteiger partial charge in [-0.2, -0.15) is 5.26 Å². The largest absolute Gasteiger partial charge is 0.468 e. The average Bonchev–Trinajstić information content (AvgIpc) is 3.72. The molecule has 1 aliphatic carbocycles. The predicted octanol–water partition coefficient (Wildman–Crippen LogP) is 4.43. The molecule has 0 spiro atoms. The molecular weight excluding hydrogens is 598 g/mol. The number of hydrogen-bond acceptors (Lipinski definition) is 10. The molecule has 6 rings (SSSR count). The van der Waals surface area contributed by atoms with Crippen LogP contribution in [0.2, 0.25) is 0 Å². The molecule has 3 heterocycles. The number of hydrogen-bond donors (Lipinski definition) is 1. The third-order valence-corrected chi connectivity index (χ3v) is 9.80. The van der Waals surface area contributed by atoms with Gasteiger partial charge in [-0.1, -0.05) is 11.3 Å². The molecule has 1 N–H and O–H groups in total. The number of benzene rings is 2. The van der Waals surface area contributed by atoms with Crippen molar-refractivity contribution in [3.63, 3.8) is 0 Å². The van der Waals surface area contributed by atoms with E-state index in [4.69, 9.17) is 4.98 Å². The van der Waals surface area contributed by atoms with Crippen LogP contribution < -0.4 is 14.5 Å². The van der Waals surface area contributed by atoms with Crippen LogP contribution in [0.3, 0.4) is 0 Å². The molecule has 14 heteroatoms. The number of anilines is 3. The second kappa shape index (κ2) is 11.1. The monoisotopic (exact) mass is 624 g/mol. The Labute approximate surface area is 250 Å². The molecule has 1 aliphatic heterocycles. The van der Waals surface area contributed by atoms with Crippen molar-refractivity contribution in [3.05, 3.63) is 64.7 Å². The minimum Gasteiger partial charge on any atom is -0.468 e. The second-order valence-corrected chi connectivity index (χ2v) is 13.3. The number of esters is 1. The Bertz CT molecular complexity index is 1880. The van der Waals surface area contributed by atoms with Gasteiger partial charge in [0.05, 0.1) is 18.8 Å². The van der Waals surface area contributed by atoms with Crippen LogP contribution in [0.1, 0.15) is 29.3 Å². The molecule has 222 valence electrons. The van der Waals surface area contributed by atoms with Gasteiger partial charge in [0, 0.05) is 48.4 Å². The highest BCUT2D eigenvalue weighted by Crippen LogP contribution is 2.44. The number of sulfonamides is 1. The van der Waals surface area contributed by atoms with Gasteiger partial charge >= 0.3 is 5.97 Å². The van der Waals surface area contributed by atoms with E-state index in [0.717, 1.165) is 25.6 Å². The zero-order valence-electron chi connectivity index (χ0n) is 23.2. The molecule has 0 atom stereocenters. The van der Waals surface area contributed by atoms with Gasteiger partial charge in [0.25, 0.3) is 0 Å². The van der Waals surface area contributed by atoms with Crippen LogP contribution in [0, 0.1) is 23.0 Å². The molecule has 1 saturated carbocycles. The van der Waals surface area contributed by atoms with E-state index in [2.05, 4.69) is 20.5 Å². The molecule has 0 amide bonds. The van der Waals surface area contributed by atoms with Crippen LogP contribution in [-0.4, -0.2) is 63.4 Å². The van der Waals surface area contributed by atoms with Crippen LogP contribution in [0.5, 0.6) is 0 Å². The molecular formula is C29H26F2N6O4S2. The second-order valence-electron chi connectivity index (χ2n) is 10.6. The van der Waals surface area contributed by atoms with Crippen molar-refractivity contribution in [1.29, 1.82) is 5.26 Å². The SMILES string of the molecule is COC(=O)CS(=O)(=O)NC1CN(c2cc(F)c3nc(C4CC4)cc(N(C)c4nc(-c5ccc(F)cc5)c(C#N)s4)c3c2)C1. The lowest BCUT2D eigenvalue weighted by molar-refractivity contribution is -0.137. The topological polar surface area (TPSA) is 129 Å². The zero-order chi connectivity index (χ0) is 30.5. The summed E-state index contributed by atoms with van der Waals surface area (Å²) in [4.78, 5) is 24.8. The first-order valence-electron chi connectivity index (χ1n) is 13.4. The highest BCUT2D eigenvalue weighted by molar-refractivity contribution is 7.90. The summed E-state index contributed by atoms with van der Waals surface area (Å²) in [6.45, 7) is 0.562. The standard InChI is InChI=1S/C29H26F2N6O4S2/c1-36(29-34-27(25(12-32)42-29)17-5-7-18(30)8-6-17)24-11-23(16-3-4-16)33-28-21(24)9-20(10-22(28)31)37-13-19(14-37)35-43(39,40)15-26(38)41-2/h5-11,16,19,35H,3-4,13-15H2,1-2H3. The third kappa shape index (κ3) is 5.88. The van der Waals surface area contributed by atoms with Gasteiger partial charge in [-0.3, -0.25) is 4.79 Å². The lowest BCUT2D eigenvalue weighted by atomic mass is 10.0. The average molecular weight is 625 g/mol. The van der Waals surface area contributed by atoms with Crippen LogP contribution >= 0.6 is 11.3 Å². The van der Waals surface area contributed by atoms with E-state index in [-0.39, 0.29) is 24.5 Å². The van der Waals surface area contributed by atoms with Gasteiger partial charge < -0.3 is 14.5 Å². The van der Waals surface area contributed by atoms with Gasteiger partial charge in [-0.15, -0.1) is 0 Å². The highest BCUT2D eigenvalue weighted by Gasteiger charge is 2.33. The van der Waals surface area contributed by atoms with E-state index in [1.165, 1.54) is 29.5 Å². The fraction of sp³-hybridized carbons (Fsp3) is 0.310. The maximum absolute atomic E-state index is 15.6. The minimum atomic E-state index is -3.87. The molecule has 43 heavy (non-hydrogen) atoms. The molecule has 0 radical (unpaired) electrons. The normalized spacial score (nSPS) is 15.3. The van der Waals surface area contributed by atoms with Crippen molar-refractivity contribution in [2.45, 2.75) is 24.8 Å². The van der Waals surface area contributed by atoms with Gasteiger partial charge in [-0.05, 0) is 55.3 Å². The highest BCUT2D eigenvalue weighted by atomic mass is 32.2.